The van der Waals surface area contributed by atoms with Gasteiger partial charge in [0.05, 0.1) is 10.8 Å². The van der Waals surface area contributed by atoms with Gasteiger partial charge in [0.25, 0.3) is 0 Å². The van der Waals surface area contributed by atoms with Crippen molar-refractivity contribution in [2.75, 3.05) is 0 Å². The van der Waals surface area contributed by atoms with Crippen LogP contribution in [0.4, 0.5) is 0 Å². The Hall–Kier alpha value is -1.94. The molecule has 0 aliphatic heterocycles. The average Bonchev–Trinajstić information content (AvgIpc) is 2.93. The van der Waals surface area contributed by atoms with Gasteiger partial charge in [0.2, 0.25) is 5.78 Å². The minimum Gasteiger partial charge on any atom is -0.481 e. The number of carbonyl (C=O) groups excluding carboxylic acids is 1. The van der Waals surface area contributed by atoms with Crippen LogP contribution in [0.3, 0.4) is 0 Å². The smallest absolute Gasteiger partial charge is 0.310 e. The van der Waals surface area contributed by atoms with E-state index in [-0.39, 0.29) is 5.78 Å². The number of rotatable bonds is 5. The Balaban J connectivity index is 2.23. The molecule has 19 heavy (non-hydrogen) atoms. The number of carbonyl (C=O) groups is 2. The van der Waals surface area contributed by atoms with Crippen LogP contribution in [-0.2, 0) is 4.79 Å². The molecule has 1 heterocycles. The molecule has 0 aliphatic rings. The van der Waals surface area contributed by atoms with Crippen molar-refractivity contribution in [3.05, 3.63) is 57.8 Å². The third kappa shape index (κ3) is 2.90. The molecule has 4 heteroatoms. The van der Waals surface area contributed by atoms with Crippen molar-refractivity contribution < 1.29 is 14.7 Å². The van der Waals surface area contributed by atoms with Crippen molar-refractivity contribution >= 4 is 23.1 Å². The zero-order chi connectivity index (χ0) is 13.8. The monoisotopic (exact) mass is 274 g/mol. The van der Waals surface area contributed by atoms with E-state index in [9.17, 15) is 9.59 Å². The maximum atomic E-state index is 12.1. The first-order chi connectivity index (χ1) is 9.13. The maximum Gasteiger partial charge on any atom is 0.310 e. The van der Waals surface area contributed by atoms with E-state index in [0.29, 0.717) is 16.9 Å². The van der Waals surface area contributed by atoms with E-state index in [2.05, 4.69) is 0 Å². The Bertz CT molecular complexity index is 570. The number of hydrogen-bond donors (Lipinski definition) is 1. The molecular formula is C15H14O3S. The lowest BCUT2D eigenvalue weighted by Crippen LogP contribution is -2.10. The molecule has 0 bridgehead atoms. The number of carboxylic acids is 1. The molecule has 0 fully saturated rings. The van der Waals surface area contributed by atoms with Crippen molar-refractivity contribution in [1.29, 1.82) is 0 Å². The summed E-state index contributed by atoms with van der Waals surface area (Å²) in [5, 5.41) is 11.0. The summed E-state index contributed by atoms with van der Waals surface area (Å²) in [7, 11) is 0. The predicted molar refractivity (Wildman–Crippen MR) is 74.9 cm³/mol. The Morgan fingerprint density at radius 1 is 1.21 bits per heavy atom. The van der Waals surface area contributed by atoms with Crippen molar-refractivity contribution in [1.82, 2.24) is 0 Å². The molecule has 2 aromatic rings. The van der Waals surface area contributed by atoms with Crippen LogP contribution in [0.15, 0.2) is 41.8 Å². The third-order valence-electron chi connectivity index (χ3n) is 3.03. The second kappa shape index (κ2) is 5.80. The summed E-state index contributed by atoms with van der Waals surface area (Å²) in [6.45, 7) is 1.84. The number of aliphatic carboxylic acids is 1. The van der Waals surface area contributed by atoms with E-state index in [0.717, 1.165) is 5.56 Å². The highest BCUT2D eigenvalue weighted by molar-refractivity contribution is 7.12. The Morgan fingerprint density at radius 3 is 2.37 bits per heavy atom. The standard InChI is InChI=1S/C15H14O3S/c1-2-12(15(17)18)10-5-7-11(8-6-10)14(16)13-4-3-9-19-13/h3-9,12H,2H2,1H3,(H,17,18)/t12-/m0/s1. The number of carboxylic acid groups (broad SMARTS) is 1. The van der Waals surface area contributed by atoms with Gasteiger partial charge in [0.1, 0.15) is 0 Å². The van der Waals surface area contributed by atoms with E-state index < -0.39 is 11.9 Å². The van der Waals surface area contributed by atoms with Gasteiger partial charge in [-0.05, 0) is 23.4 Å². The first-order valence-electron chi connectivity index (χ1n) is 6.04. The van der Waals surface area contributed by atoms with Crippen molar-refractivity contribution in [3.8, 4) is 0 Å². The van der Waals surface area contributed by atoms with Crippen molar-refractivity contribution in [2.45, 2.75) is 19.3 Å². The molecule has 1 aromatic heterocycles. The highest BCUT2D eigenvalue weighted by Gasteiger charge is 2.18. The Kier molecular flexibility index (Phi) is 4.12. The van der Waals surface area contributed by atoms with Crippen LogP contribution in [0, 0.1) is 0 Å². The molecule has 2 rings (SSSR count). The average molecular weight is 274 g/mol. The minimum atomic E-state index is -0.833. The minimum absolute atomic E-state index is 0.0232. The molecule has 0 radical (unpaired) electrons. The lowest BCUT2D eigenvalue weighted by Gasteiger charge is -2.10. The molecule has 1 N–H and O–H groups in total. The van der Waals surface area contributed by atoms with Gasteiger partial charge in [-0.2, -0.15) is 0 Å². The number of hydrogen-bond acceptors (Lipinski definition) is 3. The molecule has 1 atom stereocenters. The van der Waals surface area contributed by atoms with Gasteiger partial charge in [-0.3, -0.25) is 9.59 Å². The Morgan fingerprint density at radius 2 is 1.89 bits per heavy atom. The number of ketones is 1. The highest BCUT2D eigenvalue weighted by Crippen LogP contribution is 2.22. The summed E-state index contributed by atoms with van der Waals surface area (Å²) in [5.74, 6) is -1.37. The van der Waals surface area contributed by atoms with E-state index >= 15 is 0 Å². The fourth-order valence-corrected chi connectivity index (χ4v) is 2.66. The second-order valence-electron chi connectivity index (χ2n) is 4.23. The van der Waals surface area contributed by atoms with Gasteiger partial charge in [-0.25, -0.2) is 0 Å². The first-order valence-corrected chi connectivity index (χ1v) is 6.92. The topological polar surface area (TPSA) is 54.4 Å². The SMILES string of the molecule is CC[C@H](C(=O)O)c1ccc(C(=O)c2cccs2)cc1. The largest absolute Gasteiger partial charge is 0.481 e. The summed E-state index contributed by atoms with van der Waals surface area (Å²) in [5.41, 5.74) is 1.32. The lowest BCUT2D eigenvalue weighted by atomic mass is 9.95. The molecule has 0 spiro atoms. The third-order valence-corrected chi connectivity index (χ3v) is 3.90. The quantitative estimate of drug-likeness (QED) is 0.848. The fraction of sp³-hybridized carbons (Fsp3) is 0.200. The first kappa shape index (κ1) is 13.5. The molecule has 0 saturated carbocycles. The van der Waals surface area contributed by atoms with E-state index in [4.69, 9.17) is 5.11 Å². The van der Waals surface area contributed by atoms with Crippen LogP contribution in [0.1, 0.15) is 40.1 Å². The zero-order valence-corrected chi connectivity index (χ0v) is 11.3. The van der Waals surface area contributed by atoms with Crippen molar-refractivity contribution in [2.24, 2.45) is 0 Å². The highest BCUT2D eigenvalue weighted by atomic mass is 32.1. The molecule has 1 aromatic carbocycles. The Labute approximate surface area is 115 Å². The molecule has 0 saturated heterocycles. The molecule has 0 aliphatic carbocycles. The van der Waals surface area contributed by atoms with E-state index in [1.807, 2.05) is 18.4 Å². The summed E-state index contributed by atoms with van der Waals surface area (Å²) >= 11 is 1.40. The van der Waals surface area contributed by atoms with E-state index in [1.54, 1.807) is 30.3 Å². The fourth-order valence-electron chi connectivity index (χ4n) is 1.97. The summed E-state index contributed by atoms with van der Waals surface area (Å²) in [6.07, 6.45) is 0.535. The van der Waals surface area contributed by atoms with Crippen LogP contribution in [0.5, 0.6) is 0 Å². The molecular weight excluding hydrogens is 260 g/mol. The van der Waals surface area contributed by atoms with Gasteiger partial charge >= 0.3 is 5.97 Å². The number of benzene rings is 1. The van der Waals surface area contributed by atoms with Gasteiger partial charge in [0, 0.05) is 5.56 Å². The molecule has 3 nitrogen and oxygen atoms in total. The van der Waals surface area contributed by atoms with Crippen LogP contribution in [0.2, 0.25) is 0 Å². The van der Waals surface area contributed by atoms with Crippen molar-refractivity contribution in [3.63, 3.8) is 0 Å². The summed E-state index contributed by atoms with van der Waals surface area (Å²) in [6, 6.07) is 10.5. The van der Waals surface area contributed by atoms with Gasteiger partial charge in [-0.15, -0.1) is 11.3 Å². The summed E-state index contributed by atoms with van der Waals surface area (Å²) < 4.78 is 0. The van der Waals surface area contributed by atoms with Crippen LogP contribution in [0.25, 0.3) is 0 Å². The van der Waals surface area contributed by atoms with Gasteiger partial charge < -0.3 is 5.11 Å². The molecule has 0 amide bonds. The predicted octanol–water partition coefficient (Wildman–Crippen LogP) is 3.56. The second-order valence-corrected chi connectivity index (χ2v) is 5.18. The zero-order valence-electron chi connectivity index (χ0n) is 10.5. The summed E-state index contributed by atoms with van der Waals surface area (Å²) in [4.78, 5) is 23.8. The molecule has 98 valence electrons. The van der Waals surface area contributed by atoms with Gasteiger partial charge in [-0.1, -0.05) is 37.3 Å². The number of thiophene rings is 1. The van der Waals surface area contributed by atoms with E-state index in [1.165, 1.54) is 11.3 Å². The molecule has 0 unspecified atom stereocenters. The van der Waals surface area contributed by atoms with Crippen LogP contribution >= 0.6 is 11.3 Å². The lowest BCUT2D eigenvalue weighted by molar-refractivity contribution is -0.138. The van der Waals surface area contributed by atoms with Crippen LogP contribution < -0.4 is 0 Å². The maximum absolute atomic E-state index is 12.1. The normalized spacial score (nSPS) is 12.1. The van der Waals surface area contributed by atoms with Gasteiger partial charge in [0.15, 0.2) is 0 Å². The van der Waals surface area contributed by atoms with Crippen LogP contribution in [-0.4, -0.2) is 16.9 Å².